The van der Waals surface area contributed by atoms with Gasteiger partial charge in [-0.15, -0.1) is 11.6 Å². The van der Waals surface area contributed by atoms with Crippen molar-refractivity contribution in [2.24, 2.45) is 0 Å². The van der Waals surface area contributed by atoms with Crippen LogP contribution < -0.4 is 20.6 Å². The van der Waals surface area contributed by atoms with Gasteiger partial charge >= 0.3 is 0 Å². The topological polar surface area (TPSA) is 118 Å². The number of nitrogens with one attached hydrogen (secondary N) is 2. The van der Waals surface area contributed by atoms with Gasteiger partial charge in [0.2, 0.25) is 11.1 Å². The number of hydrogen-bond donors (Lipinski definition) is 2. The Balaban J connectivity index is 0.000000178. The van der Waals surface area contributed by atoms with E-state index in [1.165, 1.54) is 19.1 Å². The molecule has 6 aromatic rings. The molecule has 226 valence electrons. The molecule has 0 bridgehead atoms. The lowest BCUT2D eigenvalue weighted by atomic mass is 10.0. The highest BCUT2D eigenvalue weighted by Gasteiger charge is 2.13. The van der Waals surface area contributed by atoms with E-state index in [1.807, 2.05) is 60.7 Å². The highest BCUT2D eigenvalue weighted by atomic mass is 35.5. The number of aromatic nitrogens is 2. The summed E-state index contributed by atoms with van der Waals surface area (Å²) in [6.45, 7) is 2.28. The molecule has 0 aliphatic rings. The second kappa shape index (κ2) is 14.3. The highest BCUT2D eigenvalue weighted by molar-refractivity contribution is 6.32. The Kier molecular flexibility index (Phi) is 9.87. The van der Waals surface area contributed by atoms with Crippen LogP contribution in [0.1, 0.15) is 38.8 Å². The number of ether oxygens (including phenoxy) is 2. The lowest BCUT2D eigenvalue weighted by molar-refractivity contribution is 0.101. The Morgan fingerprint density at radius 1 is 0.622 bits per heavy atom. The van der Waals surface area contributed by atoms with Gasteiger partial charge in [-0.2, -0.15) is 0 Å². The van der Waals surface area contributed by atoms with Crippen LogP contribution >= 0.6 is 11.6 Å². The third kappa shape index (κ3) is 7.93. The zero-order chi connectivity index (χ0) is 31.8. The van der Waals surface area contributed by atoms with E-state index in [1.54, 1.807) is 36.4 Å². The Labute approximate surface area is 263 Å². The van der Waals surface area contributed by atoms with E-state index in [0.717, 1.165) is 16.5 Å². The summed E-state index contributed by atoms with van der Waals surface area (Å²) in [5, 5.41) is 1.38. The summed E-state index contributed by atoms with van der Waals surface area (Å²) in [4.78, 5) is 52.3. The fourth-order valence-corrected chi connectivity index (χ4v) is 4.87. The third-order valence-electron chi connectivity index (χ3n) is 6.92. The van der Waals surface area contributed by atoms with Crippen LogP contribution in [-0.2, 0) is 13.2 Å². The van der Waals surface area contributed by atoms with Crippen molar-refractivity contribution in [3.05, 3.63) is 152 Å². The summed E-state index contributed by atoms with van der Waals surface area (Å²) >= 11 is 5.68. The number of carbonyl (C=O) groups excluding carboxylic acids is 2. The number of rotatable bonds is 9. The number of Topliss-reactive ketones (excluding diaryl/α,β-unsaturated/α-hetero) is 2. The number of benzene rings is 4. The van der Waals surface area contributed by atoms with Crippen molar-refractivity contribution in [1.82, 2.24) is 9.97 Å². The van der Waals surface area contributed by atoms with Gasteiger partial charge in [0.15, 0.2) is 11.6 Å². The van der Waals surface area contributed by atoms with Gasteiger partial charge in [-0.1, -0.05) is 60.7 Å². The lowest BCUT2D eigenvalue weighted by Gasteiger charge is -2.10. The van der Waals surface area contributed by atoms with Crippen LogP contribution in [0, 0.1) is 0 Å². The number of fused-ring (bicyclic) bond motifs is 2. The number of H-pyrrole nitrogens is 2. The molecular weight excluding hydrogens is 592 g/mol. The molecule has 2 N–H and O–H groups in total. The minimum atomic E-state index is -0.234. The molecule has 0 radical (unpaired) electrons. The summed E-state index contributed by atoms with van der Waals surface area (Å²) in [5.41, 5.74) is 3.74. The largest absolute Gasteiger partial charge is 0.489 e. The second-order valence-corrected chi connectivity index (χ2v) is 10.4. The van der Waals surface area contributed by atoms with Crippen molar-refractivity contribution in [1.29, 1.82) is 0 Å². The van der Waals surface area contributed by atoms with Crippen LogP contribution in [0.2, 0.25) is 0 Å². The smallest absolute Gasteiger partial charge is 0.248 e. The summed E-state index contributed by atoms with van der Waals surface area (Å²) in [5.74, 6) is 0.660. The first kappa shape index (κ1) is 31.0. The molecule has 0 saturated carbocycles. The van der Waals surface area contributed by atoms with Crippen LogP contribution in [0.5, 0.6) is 11.5 Å². The van der Waals surface area contributed by atoms with Crippen molar-refractivity contribution in [3.63, 3.8) is 0 Å². The monoisotopic (exact) mass is 620 g/mol. The number of aromatic amines is 2. The summed E-state index contributed by atoms with van der Waals surface area (Å²) in [6, 6.07) is 32.4. The molecule has 2 aromatic heterocycles. The molecule has 0 amide bonds. The van der Waals surface area contributed by atoms with Crippen molar-refractivity contribution >= 4 is 45.0 Å². The SMILES string of the molecule is CC(=O)c1cc(OCc2ccccc2)cc2[nH]c(=O)ccc12.O=C(CCl)c1cc(OCc2ccccc2)cc2[nH]c(=O)ccc12. The van der Waals surface area contributed by atoms with Gasteiger partial charge in [0, 0.05) is 46.2 Å². The van der Waals surface area contributed by atoms with Gasteiger partial charge in [-0.3, -0.25) is 19.2 Å². The lowest BCUT2D eigenvalue weighted by Crippen LogP contribution is -2.07. The molecule has 45 heavy (non-hydrogen) atoms. The molecule has 0 saturated heterocycles. The highest BCUT2D eigenvalue weighted by Crippen LogP contribution is 2.26. The maximum Gasteiger partial charge on any atom is 0.248 e. The number of alkyl halides is 1. The standard InChI is InChI=1S/C18H14ClNO3.C18H15NO3/c19-10-17(21)15-8-13(23-11-12-4-2-1-3-5-12)9-16-14(15)6-7-18(22)20-16;1-12(20)16-9-14(22-11-13-5-3-2-4-6-13)10-17-15(16)7-8-18(21)19-17/h1-9H,10-11H2,(H,20,22);2-10H,11H2,1H3,(H,19,21). The minimum Gasteiger partial charge on any atom is -0.489 e. The van der Waals surface area contributed by atoms with Gasteiger partial charge in [0.25, 0.3) is 0 Å². The molecule has 0 spiro atoms. The van der Waals surface area contributed by atoms with Crippen molar-refractivity contribution in [2.75, 3.05) is 5.88 Å². The van der Waals surface area contributed by atoms with Gasteiger partial charge in [-0.05, 0) is 42.3 Å². The normalized spacial score (nSPS) is 10.6. The van der Waals surface area contributed by atoms with E-state index < -0.39 is 0 Å². The van der Waals surface area contributed by atoms with Crippen LogP contribution in [0.25, 0.3) is 21.8 Å². The van der Waals surface area contributed by atoms with Crippen molar-refractivity contribution in [3.8, 4) is 11.5 Å². The third-order valence-corrected chi connectivity index (χ3v) is 7.17. The van der Waals surface area contributed by atoms with E-state index in [0.29, 0.717) is 52.3 Å². The first-order valence-corrected chi connectivity index (χ1v) is 14.6. The first-order chi connectivity index (χ1) is 21.8. The van der Waals surface area contributed by atoms with Crippen LogP contribution in [0.15, 0.2) is 119 Å². The molecule has 8 nitrogen and oxygen atoms in total. The molecule has 0 unspecified atom stereocenters. The van der Waals surface area contributed by atoms with E-state index in [4.69, 9.17) is 21.1 Å². The van der Waals surface area contributed by atoms with Crippen LogP contribution in [0.3, 0.4) is 0 Å². The number of pyridine rings is 2. The average molecular weight is 621 g/mol. The zero-order valence-corrected chi connectivity index (χ0v) is 25.1. The Morgan fingerprint density at radius 2 is 1.07 bits per heavy atom. The Morgan fingerprint density at radius 3 is 1.51 bits per heavy atom. The molecule has 9 heteroatoms. The number of ketones is 2. The average Bonchev–Trinajstić information content (AvgIpc) is 3.06. The maximum atomic E-state index is 12.1. The van der Waals surface area contributed by atoms with E-state index in [9.17, 15) is 19.2 Å². The fourth-order valence-electron chi connectivity index (χ4n) is 4.73. The van der Waals surface area contributed by atoms with Gasteiger partial charge in [0.05, 0.1) is 16.9 Å². The predicted molar refractivity (Wildman–Crippen MR) is 176 cm³/mol. The Hall–Kier alpha value is -5.47. The number of hydrogen-bond acceptors (Lipinski definition) is 6. The summed E-state index contributed by atoms with van der Waals surface area (Å²) in [6.07, 6.45) is 0. The molecule has 0 atom stereocenters. The second-order valence-electron chi connectivity index (χ2n) is 10.2. The van der Waals surface area contributed by atoms with Gasteiger partial charge in [-0.25, -0.2) is 0 Å². The number of halogens is 1. The van der Waals surface area contributed by atoms with E-state index in [-0.39, 0.29) is 28.6 Å². The van der Waals surface area contributed by atoms with Crippen LogP contribution in [-0.4, -0.2) is 27.4 Å². The molecule has 0 aliphatic carbocycles. The van der Waals surface area contributed by atoms with Crippen LogP contribution in [0.4, 0.5) is 0 Å². The first-order valence-electron chi connectivity index (χ1n) is 14.1. The molecule has 6 rings (SSSR count). The van der Waals surface area contributed by atoms with Gasteiger partial charge in [0.1, 0.15) is 24.7 Å². The molecule has 0 fully saturated rings. The molecular formula is C36H29ClN2O6. The maximum absolute atomic E-state index is 12.1. The van der Waals surface area contributed by atoms with E-state index in [2.05, 4.69) is 9.97 Å². The molecule has 0 aliphatic heterocycles. The summed E-state index contributed by atoms with van der Waals surface area (Å²) in [7, 11) is 0. The minimum absolute atomic E-state index is 0.0674. The van der Waals surface area contributed by atoms with Crippen molar-refractivity contribution < 1.29 is 19.1 Å². The molecule has 4 aromatic carbocycles. The van der Waals surface area contributed by atoms with E-state index >= 15 is 0 Å². The predicted octanol–water partition coefficient (Wildman–Crippen LogP) is 6.84. The quantitative estimate of drug-likeness (QED) is 0.135. The zero-order valence-electron chi connectivity index (χ0n) is 24.3. The Bertz CT molecular complexity index is 2090. The number of carbonyl (C=O) groups is 2. The van der Waals surface area contributed by atoms with Crippen molar-refractivity contribution in [2.45, 2.75) is 20.1 Å². The fraction of sp³-hybridized carbons (Fsp3) is 0.111. The van der Waals surface area contributed by atoms with Gasteiger partial charge < -0.3 is 19.4 Å². The summed E-state index contributed by atoms with van der Waals surface area (Å²) < 4.78 is 11.5. The molecule has 2 heterocycles.